The van der Waals surface area contributed by atoms with E-state index in [-0.39, 0.29) is 6.42 Å². The van der Waals surface area contributed by atoms with E-state index in [9.17, 15) is 22.0 Å². The molecule has 0 aliphatic rings. The van der Waals surface area contributed by atoms with Crippen molar-refractivity contribution >= 4 is 15.9 Å². The first-order valence-electron chi connectivity index (χ1n) is 12.9. The predicted octanol–water partition coefficient (Wildman–Crippen LogP) is 5.60. The Hall–Kier alpha value is -3.85. The first-order valence-corrected chi connectivity index (χ1v) is 14.4. The van der Waals surface area contributed by atoms with E-state index in [4.69, 9.17) is 0 Å². The number of rotatable bonds is 13. The van der Waals surface area contributed by atoms with Gasteiger partial charge in [-0.3, -0.25) is 9.48 Å². The second-order valence-electron chi connectivity index (χ2n) is 9.46. The Bertz CT molecular complexity index is 1490. The SMILES string of the molecule is O=C(CCc1ccc(Cn2cccn2)cc1CCCCCc1ccccc1)NS(=O)(=O)c1ccc(F)c(F)c1. The predicted molar refractivity (Wildman–Crippen MR) is 145 cm³/mol. The fourth-order valence-corrected chi connectivity index (χ4v) is 5.48. The summed E-state index contributed by atoms with van der Waals surface area (Å²) < 4.78 is 55.4. The normalized spacial score (nSPS) is 11.4. The molecule has 0 aliphatic heterocycles. The molecular weight excluding hydrogens is 520 g/mol. The number of unbranched alkanes of at least 4 members (excludes halogenated alkanes) is 2. The van der Waals surface area contributed by atoms with Crippen LogP contribution in [0.3, 0.4) is 0 Å². The fraction of sp³-hybridized carbons (Fsp3) is 0.267. The molecule has 0 unspecified atom stereocenters. The Balaban J connectivity index is 1.38. The van der Waals surface area contributed by atoms with Crippen molar-refractivity contribution in [1.82, 2.24) is 14.5 Å². The molecule has 1 N–H and O–H groups in total. The fourth-order valence-electron chi connectivity index (χ4n) is 4.45. The first kappa shape index (κ1) is 28.2. The summed E-state index contributed by atoms with van der Waals surface area (Å²) in [6.45, 7) is 0.626. The average Bonchev–Trinajstić information content (AvgIpc) is 3.43. The second kappa shape index (κ2) is 13.3. The Kier molecular flexibility index (Phi) is 9.59. The van der Waals surface area contributed by atoms with Crippen molar-refractivity contribution < 1.29 is 22.0 Å². The quantitative estimate of drug-likeness (QED) is 0.219. The van der Waals surface area contributed by atoms with Crippen molar-refractivity contribution in [1.29, 1.82) is 0 Å². The van der Waals surface area contributed by atoms with Crippen molar-refractivity contribution in [3.8, 4) is 0 Å². The third-order valence-corrected chi connectivity index (χ3v) is 7.87. The number of halogens is 2. The highest BCUT2D eigenvalue weighted by atomic mass is 32.2. The molecule has 0 bridgehead atoms. The number of nitrogens with zero attached hydrogens (tertiary/aromatic N) is 2. The van der Waals surface area contributed by atoms with Crippen LogP contribution in [0.2, 0.25) is 0 Å². The maximum atomic E-state index is 13.5. The molecule has 3 aromatic carbocycles. The van der Waals surface area contributed by atoms with E-state index in [1.807, 2.05) is 52.0 Å². The van der Waals surface area contributed by atoms with Crippen LogP contribution < -0.4 is 4.72 Å². The van der Waals surface area contributed by atoms with Crippen molar-refractivity contribution in [2.24, 2.45) is 0 Å². The van der Waals surface area contributed by atoms with E-state index in [0.29, 0.717) is 25.1 Å². The van der Waals surface area contributed by atoms with Gasteiger partial charge in [0.2, 0.25) is 5.91 Å². The van der Waals surface area contributed by atoms with Crippen molar-refractivity contribution in [2.45, 2.75) is 56.4 Å². The number of amides is 1. The number of benzene rings is 3. The average molecular weight is 552 g/mol. The van der Waals surface area contributed by atoms with Crippen LogP contribution in [0.15, 0.2) is 90.1 Å². The highest BCUT2D eigenvalue weighted by molar-refractivity contribution is 7.90. The Morgan fingerprint density at radius 2 is 1.59 bits per heavy atom. The lowest BCUT2D eigenvalue weighted by atomic mass is 9.95. The number of aryl methyl sites for hydroxylation is 3. The molecule has 0 fully saturated rings. The Labute approximate surface area is 227 Å². The standard InChI is InChI=1S/C30H31F2N3O3S/c31-28-16-15-27(21-29(28)32)39(37,38)34-30(36)17-14-25-13-12-24(22-35-19-7-18-33-35)20-26(25)11-6-2-5-10-23-8-3-1-4-9-23/h1,3-4,7-9,12-13,15-16,18-21H,2,5-6,10-11,14,17,22H2,(H,34,36). The number of hydrogen-bond acceptors (Lipinski definition) is 4. The van der Waals surface area contributed by atoms with Crippen molar-refractivity contribution in [3.63, 3.8) is 0 Å². The van der Waals surface area contributed by atoms with Gasteiger partial charge in [-0.25, -0.2) is 21.9 Å². The lowest BCUT2D eigenvalue weighted by molar-refractivity contribution is -0.119. The first-order chi connectivity index (χ1) is 18.8. The Morgan fingerprint density at radius 3 is 2.33 bits per heavy atom. The van der Waals surface area contributed by atoms with Gasteiger partial charge in [-0.15, -0.1) is 0 Å². The van der Waals surface area contributed by atoms with E-state index in [1.54, 1.807) is 6.20 Å². The molecule has 204 valence electrons. The van der Waals surface area contributed by atoms with Crippen molar-refractivity contribution in [2.75, 3.05) is 0 Å². The van der Waals surface area contributed by atoms with E-state index >= 15 is 0 Å². The third kappa shape index (κ3) is 8.32. The number of sulfonamides is 1. The zero-order valence-electron chi connectivity index (χ0n) is 21.5. The maximum Gasteiger partial charge on any atom is 0.264 e. The van der Waals surface area contributed by atoms with Gasteiger partial charge < -0.3 is 0 Å². The smallest absolute Gasteiger partial charge is 0.264 e. The van der Waals surface area contributed by atoms with E-state index in [0.717, 1.165) is 54.9 Å². The van der Waals surface area contributed by atoms with Gasteiger partial charge in [0.05, 0.1) is 11.4 Å². The van der Waals surface area contributed by atoms with Gasteiger partial charge in [0.1, 0.15) is 0 Å². The molecule has 0 atom stereocenters. The molecule has 1 heterocycles. The van der Waals surface area contributed by atoms with Crippen molar-refractivity contribution in [3.05, 3.63) is 119 Å². The molecular formula is C30H31F2N3O3S. The number of carbonyl (C=O) groups excluding carboxylic acids is 1. The molecule has 0 saturated heterocycles. The van der Waals surface area contributed by atoms with Crippen LogP contribution in [0.5, 0.6) is 0 Å². The molecule has 4 rings (SSSR count). The van der Waals surface area contributed by atoms with Crippen LogP contribution in [0.25, 0.3) is 0 Å². The minimum Gasteiger partial charge on any atom is -0.274 e. The maximum absolute atomic E-state index is 13.5. The summed E-state index contributed by atoms with van der Waals surface area (Å²) >= 11 is 0. The Morgan fingerprint density at radius 1 is 0.795 bits per heavy atom. The summed E-state index contributed by atoms with van der Waals surface area (Å²) in [5.41, 5.74) is 4.51. The molecule has 1 aromatic heterocycles. The monoisotopic (exact) mass is 551 g/mol. The summed E-state index contributed by atoms with van der Waals surface area (Å²) in [4.78, 5) is 12.0. The number of hydrogen-bond donors (Lipinski definition) is 1. The van der Waals surface area contributed by atoms with Crippen LogP contribution >= 0.6 is 0 Å². The zero-order chi connectivity index (χ0) is 27.7. The van der Waals surface area contributed by atoms with Gasteiger partial charge >= 0.3 is 0 Å². The molecule has 0 aliphatic carbocycles. The highest BCUT2D eigenvalue weighted by Gasteiger charge is 2.20. The largest absolute Gasteiger partial charge is 0.274 e. The summed E-state index contributed by atoms with van der Waals surface area (Å²) in [7, 11) is -4.31. The van der Waals surface area contributed by atoms with E-state index in [1.165, 1.54) is 5.56 Å². The van der Waals surface area contributed by atoms with Gasteiger partial charge in [0, 0.05) is 18.8 Å². The molecule has 39 heavy (non-hydrogen) atoms. The third-order valence-electron chi connectivity index (χ3n) is 6.50. The van der Waals surface area contributed by atoms with Gasteiger partial charge in [-0.1, -0.05) is 55.0 Å². The highest BCUT2D eigenvalue weighted by Crippen LogP contribution is 2.20. The van der Waals surface area contributed by atoms with Gasteiger partial charge in [0.25, 0.3) is 10.0 Å². The number of nitrogens with one attached hydrogen (secondary N) is 1. The van der Waals surface area contributed by atoms with Gasteiger partial charge in [0.15, 0.2) is 11.6 Å². The lowest BCUT2D eigenvalue weighted by Gasteiger charge is -2.13. The minimum absolute atomic E-state index is 0.0670. The number of aromatic nitrogens is 2. The molecule has 1 amide bonds. The molecule has 6 nitrogen and oxygen atoms in total. The summed E-state index contributed by atoms with van der Waals surface area (Å²) in [5, 5.41) is 4.27. The van der Waals surface area contributed by atoms with Gasteiger partial charge in [-0.2, -0.15) is 5.10 Å². The van der Waals surface area contributed by atoms with E-state index in [2.05, 4.69) is 23.3 Å². The van der Waals surface area contributed by atoms with Gasteiger partial charge in [-0.05, 0) is 78.6 Å². The summed E-state index contributed by atoms with van der Waals surface area (Å²) in [6.07, 6.45) is 8.90. The summed E-state index contributed by atoms with van der Waals surface area (Å²) in [6, 6.07) is 20.5. The molecule has 0 radical (unpaired) electrons. The van der Waals surface area contributed by atoms with Crippen LogP contribution in [0.1, 0.15) is 47.9 Å². The molecule has 9 heteroatoms. The van der Waals surface area contributed by atoms with Crippen LogP contribution in [-0.4, -0.2) is 24.1 Å². The topological polar surface area (TPSA) is 81.1 Å². The number of carbonyl (C=O) groups is 1. The molecule has 4 aromatic rings. The van der Waals surface area contributed by atoms with Crippen LogP contribution in [-0.2, 0) is 40.6 Å². The lowest BCUT2D eigenvalue weighted by Crippen LogP contribution is -2.30. The van der Waals surface area contributed by atoms with Crippen LogP contribution in [0.4, 0.5) is 8.78 Å². The second-order valence-corrected chi connectivity index (χ2v) is 11.1. The zero-order valence-corrected chi connectivity index (χ0v) is 22.3. The summed E-state index contributed by atoms with van der Waals surface area (Å²) in [5.74, 6) is -3.17. The van der Waals surface area contributed by atoms with E-state index < -0.39 is 32.5 Å². The van der Waals surface area contributed by atoms with Crippen LogP contribution in [0, 0.1) is 11.6 Å². The molecule has 0 saturated carbocycles. The minimum atomic E-state index is -4.31. The molecule has 0 spiro atoms.